The molecule has 0 saturated carbocycles. The summed E-state index contributed by atoms with van der Waals surface area (Å²) >= 11 is 5.92. The van der Waals surface area contributed by atoms with Crippen LogP contribution in [0.3, 0.4) is 0 Å². The van der Waals surface area contributed by atoms with E-state index in [1.54, 1.807) is 0 Å². The lowest BCUT2D eigenvalue weighted by atomic mass is 10.0. The number of nitrogens with one attached hydrogen (secondary N) is 1. The predicted octanol–water partition coefficient (Wildman–Crippen LogP) is 3.20. The molecule has 2 atom stereocenters. The maximum absolute atomic E-state index is 5.92. The Bertz CT molecular complexity index is 307. The Morgan fingerprint density at radius 3 is 2.60 bits per heavy atom. The summed E-state index contributed by atoms with van der Waals surface area (Å²) in [7, 11) is 2.02. The van der Waals surface area contributed by atoms with E-state index in [0.29, 0.717) is 12.0 Å². The van der Waals surface area contributed by atoms with Crippen molar-refractivity contribution in [3.05, 3.63) is 23.0 Å². The molecular formula is C12H21ClN2. The molecule has 3 heteroatoms. The normalized spacial score (nSPS) is 15.3. The Morgan fingerprint density at radius 2 is 2.13 bits per heavy atom. The van der Waals surface area contributed by atoms with Crippen molar-refractivity contribution in [1.82, 2.24) is 9.88 Å². The second-order valence-corrected chi connectivity index (χ2v) is 4.75. The van der Waals surface area contributed by atoms with Crippen LogP contribution in [0.2, 0.25) is 5.02 Å². The summed E-state index contributed by atoms with van der Waals surface area (Å²) in [6.45, 7) is 7.62. The van der Waals surface area contributed by atoms with Crippen molar-refractivity contribution < 1.29 is 0 Å². The fourth-order valence-corrected chi connectivity index (χ4v) is 1.83. The van der Waals surface area contributed by atoms with Gasteiger partial charge in [-0.25, -0.2) is 0 Å². The summed E-state index contributed by atoms with van der Waals surface area (Å²) in [5, 5.41) is 4.33. The molecule has 0 amide bonds. The standard InChI is InChI=1S/C12H21ClN2/c1-5-9(2)10(3)14-7-12-6-11(13)8-15(12)4/h6,8-10,14H,5,7H2,1-4H3. The highest BCUT2D eigenvalue weighted by atomic mass is 35.5. The van der Waals surface area contributed by atoms with Crippen molar-refractivity contribution in [3.8, 4) is 0 Å². The van der Waals surface area contributed by atoms with Crippen LogP contribution < -0.4 is 5.32 Å². The molecule has 0 aliphatic rings. The number of rotatable bonds is 5. The first-order valence-electron chi connectivity index (χ1n) is 5.58. The van der Waals surface area contributed by atoms with Crippen LogP contribution in [0.5, 0.6) is 0 Å². The van der Waals surface area contributed by atoms with Crippen molar-refractivity contribution in [2.24, 2.45) is 13.0 Å². The topological polar surface area (TPSA) is 17.0 Å². The molecule has 1 N–H and O–H groups in total. The second kappa shape index (κ2) is 5.57. The van der Waals surface area contributed by atoms with Gasteiger partial charge in [-0.15, -0.1) is 0 Å². The Labute approximate surface area is 97.6 Å². The lowest BCUT2D eigenvalue weighted by molar-refractivity contribution is 0.386. The van der Waals surface area contributed by atoms with Gasteiger partial charge in [0.1, 0.15) is 0 Å². The molecule has 0 aromatic carbocycles. The number of aromatic nitrogens is 1. The Hall–Kier alpha value is -0.470. The smallest absolute Gasteiger partial charge is 0.0585 e. The van der Waals surface area contributed by atoms with E-state index < -0.39 is 0 Å². The number of nitrogens with zero attached hydrogens (tertiary/aromatic N) is 1. The van der Waals surface area contributed by atoms with Crippen molar-refractivity contribution >= 4 is 11.6 Å². The molecule has 0 radical (unpaired) electrons. The SMILES string of the molecule is CCC(C)C(C)NCc1cc(Cl)cn1C. The molecule has 15 heavy (non-hydrogen) atoms. The van der Waals surface area contributed by atoms with E-state index >= 15 is 0 Å². The first-order chi connectivity index (χ1) is 7.04. The zero-order valence-corrected chi connectivity index (χ0v) is 10.8. The van der Waals surface area contributed by atoms with Crippen molar-refractivity contribution in [2.75, 3.05) is 0 Å². The largest absolute Gasteiger partial charge is 0.352 e. The highest BCUT2D eigenvalue weighted by Gasteiger charge is 2.10. The van der Waals surface area contributed by atoms with Crippen LogP contribution in [0.1, 0.15) is 32.9 Å². The summed E-state index contributed by atoms with van der Waals surface area (Å²) in [5.41, 5.74) is 1.23. The number of hydrogen-bond acceptors (Lipinski definition) is 1. The molecule has 1 heterocycles. The predicted molar refractivity (Wildman–Crippen MR) is 66.2 cm³/mol. The van der Waals surface area contributed by atoms with Gasteiger partial charge in [0.15, 0.2) is 0 Å². The lowest BCUT2D eigenvalue weighted by Gasteiger charge is -2.20. The van der Waals surface area contributed by atoms with E-state index in [1.807, 2.05) is 19.3 Å². The average molecular weight is 229 g/mol. The minimum Gasteiger partial charge on any atom is -0.352 e. The van der Waals surface area contributed by atoms with E-state index in [-0.39, 0.29) is 0 Å². The van der Waals surface area contributed by atoms with Gasteiger partial charge >= 0.3 is 0 Å². The third kappa shape index (κ3) is 3.54. The molecule has 0 saturated heterocycles. The first kappa shape index (κ1) is 12.6. The molecule has 1 rings (SSSR count). The molecule has 2 unspecified atom stereocenters. The van der Waals surface area contributed by atoms with Gasteiger partial charge in [-0.3, -0.25) is 0 Å². The number of hydrogen-bond donors (Lipinski definition) is 1. The molecule has 1 aromatic heterocycles. The minimum atomic E-state index is 0.545. The molecule has 2 nitrogen and oxygen atoms in total. The molecule has 1 aromatic rings. The summed E-state index contributed by atoms with van der Waals surface area (Å²) in [6.07, 6.45) is 3.15. The summed E-state index contributed by atoms with van der Waals surface area (Å²) in [5.74, 6) is 0.709. The van der Waals surface area contributed by atoms with Gasteiger partial charge in [0.05, 0.1) is 5.02 Å². The summed E-state index contributed by atoms with van der Waals surface area (Å²) in [6, 6.07) is 2.56. The van der Waals surface area contributed by atoms with Gasteiger partial charge in [0.2, 0.25) is 0 Å². The number of halogens is 1. The monoisotopic (exact) mass is 228 g/mol. The van der Waals surface area contributed by atoms with E-state index in [0.717, 1.165) is 11.6 Å². The third-order valence-electron chi connectivity index (χ3n) is 3.18. The molecule has 0 spiro atoms. The van der Waals surface area contributed by atoms with Crippen LogP contribution in [-0.2, 0) is 13.6 Å². The fraction of sp³-hybridized carbons (Fsp3) is 0.667. The van der Waals surface area contributed by atoms with Gasteiger partial charge in [-0.1, -0.05) is 31.9 Å². The zero-order valence-electron chi connectivity index (χ0n) is 10.0. The maximum atomic E-state index is 5.92. The maximum Gasteiger partial charge on any atom is 0.0585 e. The van der Waals surface area contributed by atoms with Crippen LogP contribution in [-0.4, -0.2) is 10.6 Å². The van der Waals surface area contributed by atoms with Gasteiger partial charge < -0.3 is 9.88 Å². The van der Waals surface area contributed by atoms with Crippen molar-refractivity contribution in [3.63, 3.8) is 0 Å². The van der Waals surface area contributed by atoms with E-state index in [1.165, 1.54) is 12.1 Å². The van der Waals surface area contributed by atoms with Crippen LogP contribution >= 0.6 is 11.6 Å². The third-order valence-corrected chi connectivity index (χ3v) is 3.38. The minimum absolute atomic E-state index is 0.545. The Kier molecular flexibility index (Phi) is 4.68. The van der Waals surface area contributed by atoms with Crippen molar-refractivity contribution in [2.45, 2.75) is 39.8 Å². The molecular weight excluding hydrogens is 208 g/mol. The van der Waals surface area contributed by atoms with Crippen molar-refractivity contribution in [1.29, 1.82) is 0 Å². The average Bonchev–Trinajstić information content (AvgIpc) is 2.52. The Morgan fingerprint density at radius 1 is 1.47 bits per heavy atom. The van der Waals surface area contributed by atoms with E-state index in [2.05, 4.69) is 30.7 Å². The number of aryl methyl sites for hydroxylation is 1. The molecule has 0 aliphatic heterocycles. The fourth-order valence-electron chi connectivity index (χ4n) is 1.56. The van der Waals surface area contributed by atoms with E-state index in [4.69, 9.17) is 11.6 Å². The first-order valence-corrected chi connectivity index (χ1v) is 5.96. The van der Waals surface area contributed by atoms with E-state index in [9.17, 15) is 0 Å². The summed E-state index contributed by atoms with van der Waals surface area (Å²) in [4.78, 5) is 0. The molecule has 0 fully saturated rings. The molecule has 0 bridgehead atoms. The van der Waals surface area contributed by atoms with Gasteiger partial charge in [0, 0.05) is 31.5 Å². The highest BCUT2D eigenvalue weighted by molar-refractivity contribution is 6.30. The molecule has 86 valence electrons. The Balaban J connectivity index is 2.46. The van der Waals surface area contributed by atoms with Crippen LogP contribution in [0, 0.1) is 5.92 Å². The van der Waals surface area contributed by atoms with Crippen LogP contribution in [0.25, 0.3) is 0 Å². The zero-order chi connectivity index (χ0) is 11.4. The van der Waals surface area contributed by atoms with Gasteiger partial charge in [-0.2, -0.15) is 0 Å². The quantitative estimate of drug-likeness (QED) is 0.819. The van der Waals surface area contributed by atoms with Gasteiger partial charge in [0.25, 0.3) is 0 Å². The summed E-state index contributed by atoms with van der Waals surface area (Å²) < 4.78 is 2.07. The van der Waals surface area contributed by atoms with Gasteiger partial charge in [-0.05, 0) is 18.9 Å². The van der Waals surface area contributed by atoms with Crippen LogP contribution in [0.4, 0.5) is 0 Å². The molecule has 0 aliphatic carbocycles. The lowest BCUT2D eigenvalue weighted by Crippen LogP contribution is -2.31. The highest BCUT2D eigenvalue weighted by Crippen LogP contribution is 2.13. The second-order valence-electron chi connectivity index (χ2n) is 4.32. The van der Waals surface area contributed by atoms with Crippen LogP contribution in [0.15, 0.2) is 12.3 Å².